The number of aromatic nitrogens is 2. The smallest absolute Gasteiger partial charge is 0.338 e. The number of rotatable bonds is 7. The molecule has 0 atom stereocenters. The fourth-order valence-electron chi connectivity index (χ4n) is 3.42. The van der Waals surface area contributed by atoms with Crippen molar-refractivity contribution < 1.29 is 27.2 Å². The summed E-state index contributed by atoms with van der Waals surface area (Å²) >= 11 is 0. The molecule has 0 aliphatic carbocycles. The van der Waals surface area contributed by atoms with E-state index in [0.29, 0.717) is 18.9 Å². The van der Waals surface area contributed by atoms with Crippen LogP contribution in [0.2, 0.25) is 0 Å². The molecule has 10 heteroatoms. The maximum absolute atomic E-state index is 13.0. The van der Waals surface area contributed by atoms with E-state index in [4.69, 9.17) is 14.0 Å². The first-order chi connectivity index (χ1) is 15.4. The number of esters is 1. The Labute approximate surface area is 186 Å². The summed E-state index contributed by atoms with van der Waals surface area (Å²) in [5.74, 6) is -0.0134. The minimum absolute atomic E-state index is 0.0594. The Kier molecular flexibility index (Phi) is 6.24. The Morgan fingerprint density at radius 3 is 2.53 bits per heavy atom. The average molecular weight is 458 g/mol. The molecule has 1 aliphatic rings. The van der Waals surface area contributed by atoms with E-state index in [0.717, 1.165) is 24.0 Å². The number of hydrogen-bond donors (Lipinski definition) is 0. The van der Waals surface area contributed by atoms with Gasteiger partial charge in [-0.15, -0.1) is 0 Å². The molecule has 0 saturated carbocycles. The third-order valence-corrected chi connectivity index (χ3v) is 7.11. The van der Waals surface area contributed by atoms with Crippen molar-refractivity contribution >= 4 is 16.0 Å². The molecule has 3 aromatic rings. The summed E-state index contributed by atoms with van der Waals surface area (Å²) in [5.41, 5.74) is 1.97. The van der Waals surface area contributed by atoms with Crippen LogP contribution < -0.4 is 4.74 Å². The molecule has 1 fully saturated rings. The number of benzene rings is 2. The lowest BCUT2D eigenvalue weighted by molar-refractivity contribution is 0.0429. The fourth-order valence-corrected chi connectivity index (χ4v) is 5.12. The van der Waals surface area contributed by atoms with Crippen molar-refractivity contribution in [2.75, 3.05) is 20.2 Å². The van der Waals surface area contributed by atoms with Gasteiger partial charge >= 0.3 is 5.97 Å². The number of carbonyl (C=O) groups excluding carboxylic acids is 1. The minimum atomic E-state index is -3.78. The van der Waals surface area contributed by atoms with Gasteiger partial charge in [-0.3, -0.25) is 0 Å². The molecule has 9 nitrogen and oxygen atoms in total. The van der Waals surface area contributed by atoms with Crippen LogP contribution in [0.25, 0.3) is 11.4 Å². The van der Waals surface area contributed by atoms with Gasteiger partial charge in [0.15, 0.2) is 6.61 Å². The lowest BCUT2D eigenvalue weighted by Crippen LogP contribution is -2.28. The maximum Gasteiger partial charge on any atom is 0.338 e. The molecule has 1 aliphatic heterocycles. The molecule has 0 bridgehead atoms. The second kappa shape index (κ2) is 9.09. The predicted octanol–water partition coefficient (Wildman–Crippen LogP) is 3.20. The lowest BCUT2D eigenvalue weighted by atomic mass is 10.1. The van der Waals surface area contributed by atoms with Crippen LogP contribution >= 0.6 is 0 Å². The van der Waals surface area contributed by atoms with Crippen LogP contribution in [-0.4, -0.2) is 49.0 Å². The van der Waals surface area contributed by atoms with Gasteiger partial charge in [-0.2, -0.15) is 9.29 Å². The van der Waals surface area contributed by atoms with Gasteiger partial charge in [0, 0.05) is 18.7 Å². The van der Waals surface area contributed by atoms with Crippen LogP contribution in [0.3, 0.4) is 0 Å². The van der Waals surface area contributed by atoms with Crippen LogP contribution in [0.1, 0.15) is 34.7 Å². The van der Waals surface area contributed by atoms with E-state index in [9.17, 15) is 13.2 Å². The highest BCUT2D eigenvalue weighted by Gasteiger charge is 2.31. The molecule has 32 heavy (non-hydrogen) atoms. The Hall–Kier alpha value is -3.24. The zero-order chi connectivity index (χ0) is 22.7. The summed E-state index contributed by atoms with van der Waals surface area (Å²) < 4.78 is 43.0. The van der Waals surface area contributed by atoms with Gasteiger partial charge in [0.1, 0.15) is 10.6 Å². The number of methoxy groups -OCH3 is 1. The molecule has 0 amide bonds. The topological polar surface area (TPSA) is 112 Å². The van der Waals surface area contributed by atoms with Gasteiger partial charge in [0.2, 0.25) is 15.8 Å². The largest absolute Gasteiger partial charge is 0.495 e. The lowest BCUT2D eigenvalue weighted by Gasteiger charge is -2.18. The van der Waals surface area contributed by atoms with E-state index in [1.165, 1.54) is 29.6 Å². The highest BCUT2D eigenvalue weighted by atomic mass is 32.2. The third-order valence-electron chi connectivity index (χ3n) is 5.19. The summed E-state index contributed by atoms with van der Waals surface area (Å²) in [7, 11) is -2.39. The van der Waals surface area contributed by atoms with E-state index in [1.807, 2.05) is 31.2 Å². The van der Waals surface area contributed by atoms with Crippen molar-refractivity contribution in [3.63, 3.8) is 0 Å². The molecule has 0 unspecified atom stereocenters. The molecule has 0 N–H and O–H groups in total. The molecular formula is C22H23N3O6S. The normalized spacial score (nSPS) is 14.4. The van der Waals surface area contributed by atoms with Gasteiger partial charge in [-0.1, -0.05) is 35.0 Å². The highest BCUT2D eigenvalue weighted by molar-refractivity contribution is 7.89. The monoisotopic (exact) mass is 457 g/mol. The Morgan fingerprint density at radius 1 is 1.12 bits per heavy atom. The Balaban J connectivity index is 1.49. The molecule has 1 saturated heterocycles. The Bertz CT molecular complexity index is 1210. The van der Waals surface area contributed by atoms with E-state index < -0.39 is 16.0 Å². The number of carbonyl (C=O) groups is 1. The second-order valence-electron chi connectivity index (χ2n) is 7.43. The van der Waals surface area contributed by atoms with E-state index in [-0.39, 0.29) is 28.7 Å². The SMILES string of the molecule is COc1ccc(C(=O)OCc2nc(-c3ccc(C)cc3)no2)cc1S(=O)(=O)N1CCCC1. The first kappa shape index (κ1) is 22.0. The quantitative estimate of drug-likeness (QED) is 0.497. The van der Waals surface area contributed by atoms with Crippen LogP contribution in [0, 0.1) is 6.92 Å². The first-order valence-electron chi connectivity index (χ1n) is 10.1. The van der Waals surface area contributed by atoms with E-state index >= 15 is 0 Å². The van der Waals surface area contributed by atoms with E-state index in [2.05, 4.69) is 10.1 Å². The molecule has 2 heterocycles. The van der Waals surface area contributed by atoms with Crippen molar-refractivity contribution in [3.8, 4) is 17.1 Å². The van der Waals surface area contributed by atoms with Crippen molar-refractivity contribution in [2.24, 2.45) is 0 Å². The van der Waals surface area contributed by atoms with Gasteiger partial charge < -0.3 is 14.0 Å². The number of ether oxygens (including phenoxy) is 2. The van der Waals surface area contributed by atoms with Crippen molar-refractivity contribution in [1.82, 2.24) is 14.4 Å². The van der Waals surface area contributed by atoms with Gasteiger partial charge in [0.05, 0.1) is 12.7 Å². The van der Waals surface area contributed by atoms with Gasteiger partial charge in [-0.05, 0) is 38.0 Å². The molecule has 168 valence electrons. The number of hydrogen-bond acceptors (Lipinski definition) is 8. The molecule has 4 rings (SSSR count). The number of nitrogens with zero attached hydrogens (tertiary/aromatic N) is 3. The maximum atomic E-state index is 13.0. The van der Waals surface area contributed by atoms with Crippen molar-refractivity contribution in [3.05, 3.63) is 59.5 Å². The van der Waals surface area contributed by atoms with Crippen LogP contribution in [-0.2, 0) is 21.4 Å². The summed E-state index contributed by atoms with van der Waals surface area (Å²) in [6, 6.07) is 11.8. The van der Waals surface area contributed by atoms with Crippen molar-refractivity contribution in [1.29, 1.82) is 0 Å². The van der Waals surface area contributed by atoms with Gasteiger partial charge in [-0.25, -0.2) is 13.2 Å². The number of sulfonamides is 1. The Morgan fingerprint density at radius 2 is 1.84 bits per heavy atom. The third kappa shape index (κ3) is 4.51. The molecule has 0 spiro atoms. The molecule has 0 radical (unpaired) electrons. The average Bonchev–Trinajstić information content (AvgIpc) is 3.50. The minimum Gasteiger partial charge on any atom is -0.495 e. The van der Waals surface area contributed by atoms with Crippen LogP contribution in [0.4, 0.5) is 0 Å². The fraction of sp³-hybridized carbons (Fsp3) is 0.318. The standard InChI is InChI=1S/C22H23N3O6S/c1-15-5-7-16(8-6-15)21-23-20(31-24-21)14-30-22(26)17-9-10-18(29-2)19(13-17)32(27,28)25-11-3-4-12-25/h5-10,13H,3-4,11-12,14H2,1-2H3. The first-order valence-corrected chi connectivity index (χ1v) is 11.6. The van der Waals surface area contributed by atoms with Crippen molar-refractivity contribution in [2.45, 2.75) is 31.3 Å². The zero-order valence-corrected chi connectivity index (χ0v) is 18.6. The zero-order valence-electron chi connectivity index (χ0n) is 17.8. The predicted molar refractivity (Wildman–Crippen MR) is 115 cm³/mol. The summed E-state index contributed by atoms with van der Waals surface area (Å²) in [4.78, 5) is 16.7. The molecule has 1 aromatic heterocycles. The number of aryl methyl sites for hydroxylation is 1. The summed E-state index contributed by atoms with van der Waals surface area (Å²) in [6.45, 7) is 2.63. The van der Waals surface area contributed by atoms with E-state index in [1.54, 1.807) is 0 Å². The molecule has 2 aromatic carbocycles. The second-order valence-corrected chi connectivity index (χ2v) is 9.34. The summed E-state index contributed by atoms with van der Waals surface area (Å²) in [5, 5.41) is 3.90. The van der Waals surface area contributed by atoms with Crippen LogP contribution in [0.5, 0.6) is 5.75 Å². The molecular weight excluding hydrogens is 434 g/mol. The van der Waals surface area contributed by atoms with Gasteiger partial charge in [0.25, 0.3) is 5.89 Å². The highest BCUT2D eigenvalue weighted by Crippen LogP contribution is 2.30. The summed E-state index contributed by atoms with van der Waals surface area (Å²) in [6.07, 6.45) is 1.61. The van der Waals surface area contributed by atoms with Crippen LogP contribution in [0.15, 0.2) is 51.9 Å².